The number of amides is 1. The Hall–Kier alpha value is -3.14. The Kier molecular flexibility index (Phi) is 5.33. The number of benzene rings is 2. The number of nitro groups is 1. The van der Waals surface area contributed by atoms with E-state index in [2.05, 4.69) is 0 Å². The number of non-ortho nitro benzene ring substituents is 1. The maximum absolute atomic E-state index is 13.3. The van der Waals surface area contributed by atoms with E-state index in [4.69, 9.17) is 4.74 Å². The molecule has 1 saturated heterocycles. The number of anilines is 1. The van der Waals surface area contributed by atoms with Gasteiger partial charge in [-0.2, -0.15) is 0 Å². The van der Waals surface area contributed by atoms with Crippen LogP contribution < -0.4 is 4.90 Å². The van der Waals surface area contributed by atoms with E-state index in [1.807, 2.05) is 4.90 Å². The average molecular weight is 411 g/mol. The van der Waals surface area contributed by atoms with Crippen molar-refractivity contribution in [3.63, 3.8) is 0 Å². The summed E-state index contributed by atoms with van der Waals surface area (Å²) in [6.45, 7) is 2.75. The molecule has 0 spiro atoms. The summed E-state index contributed by atoms with van der Waals surface area (Å²) in [6, 6.07) is 12.1. The van der Waals surface area contributed by atoms with Crippen molar-refractivity contribution in [1.29, 1.82) is 0 Å². The lowest BCUT2D eigenvalue weighted by Crippen LogP contribution is -2.49. The van der Waals surface area contributed by atoms with Gasteiger partial charge in [0, 0.05) is 36.3 Å². The van der Waals surface area contributed by atoms with Crippen LogP contribution in [0, 0.1) is 10.1 Å². The van der Waals surface area contributed by atoms with Crippen LogP contribution in [0.2, 0.25) is 0 Å². The second-order valence-electron chi connectivity index (χ2n) is 7.39. The molecule has 2 aliphatic rings. The summed E-state index contributed by atoms with van der Waals surface area (Å²) in [5.41, 5.74) is -1.25. The van der Waals surface area contributed by atoms with Crippen molar-refractivity contribution < 1.29 is 24.4 Å². The number of para-hydroxylation sites is 1. The number of hydrogen-bond donors (Lipinski definition) is 1. The second kappa shape index (κ2) is 7.94. The zero-order valence-electron chi connectivity index (χ0n) is 16.2. The second-order valence-corrected chi connectivity index (χ2v) is 7.39. The van der Waals surface area contributed by atoms with Crippen LogP contribution in [0.1, 0.15) is 22.3 Å². The first kappa shape index (κ1) is 20.1. The van der Waals surface area contributed by atoms with Gasteiger partial charge in [0.15, 0.2) is 11.4 Å². The fraction of sp³-hybridized carbons (Fsp3) is 0.333. The van der Waals surface area contributed by atoms with Gasteiger partial charge in [0.05, 0.1) is 36.9 Å². The topological polar surface area (TPSA) is 113 Å². The van der Waals surface area contributed by atoms with Crippen LogP contribution in [0.25, 0.3) is 0 Å². The monoisotopic (exact) mass is 411 g/mol. The molecule has 156 valence electrons. The summed E-state index contributed by atoms with van der Waals surface area (Å²) in [4.78, 5) is 40.1. The van der Waals surface area contributed by atoms with Crippen molar-refractivity contribution in [2.45, 2.75) is 12.0 Å². The zero-order valence-corrected chi connectivity index (χ0v) is 16.2. The van der Waals surface area contributed by atoms with Crippen molar-refractivity contribution in [2.24, 2.45) is 0 Å². The predicted octanol–water partition coefficient (Wildman–Crippen LogP) is 1.69. The van der Waals surface area contributed by atoms with Crippen molar-refractivity contribution in [3.05, 3.63) is 69.8 Å². The summed E-state index contributed by atoms with van der Waals surface area (Å²) in [7, 11) is 0. The molecule has 4 rings (SSSR count). The molecule has 0 radical (unpaired) electrons. The number of hydrogen-bond acceptors (Lipinski definition) is 7. The van der Waals surface area contributed by atoms with Crippen LogP contribution in [-0.2, 0) is 15.1 Å². The van der Waals surface area contributed by atoms with Crippen molar-refractivity contribution in [1.82, 2.24) is 4.90 Å². The molecule has 1 N–H and O–H groups in total. The number of ether oxygens (including phenoxy) is 1. The lowest BCUT2D eigenvalue weighted by Gasteiger charge is -2.31. The summed E-state index contributed by atoms with van der Waals surface area (Å²) in [5.74, 6) is -1.12. The van der Waals surface area contributed by atoms with Gasteiger partial charge in [-0.15, -0.1) is 0 Å². The standard InChI is InChI=1S/C21H21N3O6/c25-19(15-4-3-5-16(12-15)24(28)29)13-21(27)17-6-1-2-7-18(17)23(20(21)26)14-22-8-10-30-11-9-22/h1-7,12,27H,8-11,13-14H2/t21-/m1/s1. The third-order valence-electron chi connectivity index (χ3n) is 5.48. The van der Waals surface area contributed by atoms with Gasteiger partial charge in [-0.1, -0.05) is 30.3 Å². The van der Waals surface area contributed by atoms with Gasteiger partial charge >= 0.3 is 0 Å². The normalized spacial score (nSPS) is 21.5. The molecule has 0 bridgehead atoms. The fourth-order valence-electron chi connectivity index (χ4n) is 3.89. The van der Waals surface area contributed by atoms with Gasteiger partial charge in [0.2, 0.25) is 0 Å². The molecule has 30 heavy (non-hydrogen) atoms. The lowest BCUT2D eigenvalue weighted by atomic mass is 9.88. The molecule has 9 nitrogen and oxygen atoms in total. The van der Waals surface area contributed by atoms with E-state index in [0.717, 1.165) is 6.07 Å². The largest absolute Gasteiger partial charge is 0.379 e. The Morgan fingerprint density at radius 1 is 1.17 bits per heavy atom. The number of carbonyl (C=O) groups excluding carboxylic acids is 2. The van der Waals surface area contributed by atoms with Crippen LogP contribution in [0.5, 0.6) is 0 Å². The Labute approximate surface area is 172 Å². The average Bonchev–Trinajstić information content (AvgIpc) is 2.96. The molecule has 2 heterocycles. The maximum Gasteiger partial charge on any atom is 0.270 e. The number of nitrogens with zero attached hydrogens (tertiary/aromatic N) is 3. The Morgan fingerprint density at radius 2 is 1.90 bits per heavy atom. The Balaban J connectivity index is 1.62. The van der Waals surface area contributed by atoms with Crippen LogP contribution >= 0.6 is 0 Å². The van der Waals surface area contributed by atoms with E-state index >= 15 is 0 Å². The van der Waals surface area contributed by atoms with E-state index in [0.29, 0.717) is 37.6 Å². The van der Waals surface area contributed by atoms with E-state index in [9.17, 15) is 24.8 Å². The number of nitro benzene ring substituents is 1. The highest BCUT2D eigenvalue weighted by atomic mass is 16.6. The van der Waals surface area contributed by atoms with Crippen molar-refractivity contribution in [2.75, 3.05) is 37.9 Å². The summed E-state index contributed by atoms with van der Waals surface area (Å²) in [6.07, 6.45) is -0.496. The van der Waals surface area contributed by atoms with E-state index in [1.54, 1.807) is 24.3 Å². The smallest absolute Gasteiger partial charge is 0.270 e. The van der Waals surface area contributed by atoms with Gasteiger partial charge in [-0.25, -0.2) is 0 Å². The number of carbonyl (C=O) groups is 2. The van der Waals surface area contributed by atoms with Crippen LogP contribution in [0.3, 0.4) is 0 Å². The lowest BCUT2D eigenvalue weighted by molar-refractivity contribution is -0.384. The predicted molar refractivity (Wildman–Crippen MR) is 107 cm³/mol. The van der Waals surface area contributed by atoms with Crippen molar-refractivity contribution >= 4 is 23.1 Å². The third-order valence-corrected chi connectivity index (χ3v) is 5.48. The molecule has 1 atom stereocenters. The van der Waals surface area contributed by atoms with Crippen LogP contribution in [-0.4, -0.2) is 59.6 Å². The molecule has 1 amide bonds. The Morgan fingerprint density at radius 3 is 2.63 bits per heavy atom. The molecular weight excluding hydrogens is 390 g/mol. The first-order valence-electron chi connectivity index (χ1n) is 9.62. The van der Waals surface area contributed by atoms with Crippen LogP contribution in [0.15, 0.2) is 48.5 Å². The number of rotatable bonds is 6. The molecule has 2 aliphatic heterocycles. The molecular formula is C21H21N3O6. The summed E-state index contributed by atoms with van der Waals surface area (Å²) in [5, 5.41) is 22.3. The van der Waals surface area contributed by atoms with Gasteiger partial charge in [0.25, 0.3) is 11.6 Å². The van der Waals surface area contributed by atoms with E-state index in [1.165, 1.54) is 23.1 Å². The highest BCUT2D eigenvalue weighted by Crippen LogP contribution is 2.43. The molecule has 1 fully saturated rings. The number of morpholine rings is 1. The van der Waals surface area contributed by atoms with Gasteiger partial charge < -0.3 is 9.84 Å². The SMILES string of the molecule is O=C(C[C@]1(O)C(=O)N(CN2CCOCC2)c2ccccc21)c1cccc([N+](=O)[O-])c1. The molecule has 2 aromatic carbocycles. The molecule has 9 heteroatoms. The first-order chi connectivity index (χ1) is 14.4. The van der Waals surface area contributed by atoms with Gasteiger partial charge in [0.1, 0.15) is 0 Å². The molecule has 0 saturated carbocycles. The number of aliphatic hydroxyl groups is 1. The molecule has 0 unspecified atom stereocenters. The molecule has 0 aromatic heterocycles. The highest BCUT2D eigenvalue weighted by Gasteiger charge is 2.51. The minimum atomic E-state index is -2.02. The highest BCUT2D eigenvalue weighted by molar-refractivity contribution is 6.10. The van der Waals surface area contributed by atoms with Crippen LogP contribution in [0.4, 0.5) is 11.4 Å². The van der Waals surface area contributed by atoms with Crippen molar-refractivity contribution in [3.8, 4) is 0 Å². The fourth-order valence-corrected chi connectivity index (χ4v) is 3.89. The van der Waals surface area contributed by atoms with E-state index < -0.39 is 28.6 Å². The minimum Gasteiger partial charge on any atom is -0.379 e. The number of Topliss-reactive ketones (excluding diaryl/α,β-unsaturated/α-hetero) is 1. The quantitative estimate of drug-likeness (QED) is 0.437. The van der Waals surface area contributed by atoms with Gasteiger partial charge in [-0.3, -0.25) is 29.5 Å². The third kappa shape index (κ3) is 3.58. The van der Waals surface area contributed by atoms with E-state index in [-0.39, 0.29) is 17.9 Å². The molecule has 0 aliphatic carbocycles. The Bertz CT molecular complexity index is 1000. The number of ketones is 1. The summed E-state index contributed by atoms with van der Waals surface area (Å²) >= 11 is 0. The summed E-state index contributed by atoms with van der Waals surface area (Å²) < 4.78 is 5.34. The maximum atomic E-state index is 13.3. The van der Waals surface area contributed by atoms with Gasteiger partial charge in [-0.05, 0) is 6.07 Å². The minimum absolute atomic E-state index is 0.0783. The number of fused-ring (bicyclic) bond motifs is 1. The zero-order chi connectivity index (χ0) is 21.3. The molecule has 2 aromatic rings. The first-order valence-corrected chi connectivity index (χ1v) is 9.62.